The fourth-order valence-corrected chi connectivity index (χ4v) is 3.16. The lowest BCUT2D eigenvalue weighted by Gasteiger charge is -2.24. The Kier molecular flexibility index (Phi) is 6.76. The maximum atomic E-state index is 14.3. The first kappa shape index (κ1) is 19.6. The number of likely N-dealkylation sites (N-methyl/N-ethyl adjacent to an activating group) is 1. The first-order valence-corrected chi connectivity index (χ1v) is 8.94. The number of aryl methyl sites for hydroxylation is 2. The summed E-state index contributed by atoms with van der Waals surface area (Å²) in [7, 11) is 3.94. The van der Waals surface area contributed by atoms with Crippen molar-refractivity contribution in [3.05, 3.63) is 63.9 Å². The number of benzene rings is 2. The van der Waals surface area contributed by atoms with Crippen LogP contribution >= 0.6 is 23.8 Å². The van der Waals surface area contributed by atoms with Crippen LogP contribution in [-0.2, 0) is 0 Å². The van der Waals surface area contributed by atoms with Crippen molar-refractivity contribution >= 4 is 34.6 Å². The van der Waals surface area contributed by atoms with Gasteiger partial charge in [-0.3, -0.25) is 0 Å². The van der Waals surface area contributed by atoms with Gasteiger partial charge in [-0.2, -0.15) is 0 Å². The molecule has 0 fully saturated rings. The molecule has 0 heterocycles. The molecule has 3 N–H and O–H groups in total. The highest BCUT2D eigenvalue weighted by Gasteiger charge is 2.24. The molecule has 134 valence electrons. The van der Waals surface area contributed by atoms with Gasteiger partial charge in [0.15, 0.2) is 5.11 Å². The van der Waals surface area contributed by atoms with Gasteiger partial charge >= 0.3 is 0 Å². The molecule has 0 bridgehead atoms. The van der Waals surface area contributed by atoms with Crippen LogP contribution in [0.4, 0.5) is 10.1 Å². The summed E-state index contributed by atoms with van der Waals surface area (Å²) in [6, 6.07) is 10.8. The van der Waals surface area contributed by atoms with Crippen LogP contribution in [0.5, 0.6) is 0 Å². The number of nitrogens with one attached hydrogen (secondary N) is 3. The lowest BCUT2D eigenvalue weighted by Crippen LogP contribution is -3.07. The van der Waals surface area contributed by atoms with Crippen LogP contribution in [0, 0.1) is 19.7 Å². The molecule has 0 aliphatic carbocycles. The van der Waals surface area contributed by atoms with Gasteiger partial charge in [-0.1, -0.05) is 29.8 Å². The summed E-state index contributed by atoms with van der Waals surface area (Å²) >= 11 is 11.6. The third kappa shape index (κ3) is 5.14. The molecule has 0 aromatic heterocycles. The average Bonchev–Trinajstić information content (AvgIpc) is 2.53. The number of halogens is 2. The average molecular weight is 381 g/mol. The van der Waals surface area contributed by atoms with E-state index in [1.54, 1.807) is 12.1 Å². The van der Waals surface area contributed by atoms with Crippen LogP contribution in [0.25, 0.3) is 0 Å². The predicted octanol–water partition coefficient (Wildman–Crippen LogP) is 3.27. The summed E-state index contributed by atoms with van der Waals surface area (Å²) in [5.74, 6) is -0.297. The maximum Gasteiger partial charge on any atom is 0.171 e. The number of quaternary nitrogens is 1. The van der Waals surface area contributed by atoms with Crippen molar-refractivity contribution in [2.75, 3.05) is 26.0 Å². The summed E-state index contributed by atoms with van der Waals surface area (Å²) in [6.07, 6.45) is 0. The van der Waals surface area contributed by atoms with Crippen molar-refractivity contribution < 1.29 is 9.29 Å². The van der Waals surface area contributed by atoms with Gasteiger partial charge < -0.3 is 15.5 Å². The van der Waals surface area contributed by atoms with Gasteiger partial charge in [0.25, 0.3) is 0 Å². The van der Waals surface area contributed by atoms with E-state index in [-0.39, 0.29) is 11.9 Å². The molecule has 2 aromatic rings. The molecule has 3 nitrogen and oxygen atoms in total. The van der Waals surface area contributed by atoms with Gasteiger partial charge in [0.2, 0.25) is 0 Å². The van der Waals surface area contributed by atoms with Gasteiger partial charge in [0.1, 0.15) is 11.9 Å². The second kappa shape index (κ2) is 8.61. The molecular weight excluding hydrogens is 357 g/mol. The lowest BCUT2D eigenvalue weighted by molar-refractivity contribution is -0.890. The minimum atomic E-state index is -0.297. The monoisotopic (exact) mass is 380 g/mol. The number of anilines is 1. The van der Waals surface area contributed by atoms with Gasteiger partial charge in [-0.15, -0.1) is 0 Å². The van der Waals surface area contributed by atoms with Crippen molar-refractivity contribution in [1.82, 2.24) is 5.32 Å². The van der Waals surface area contributed by atoms with E-state index in [1.807, 2.05) is 40.1 Å². The molecule has 25 heavy (non-hydrogen) atoms. The molecule has 1 atom stereocenters. The highest BCUT2D eigenvalue weighted by atomic mass is 35.5. The molecule has 2 aromatic carbocycles. The lowest BCUT2D eigenvalue weighted by atomic mass is 10.1. The van der Waals surface area contributed by atoms with E-state index in [4.69, 9.17) is 23.8 Å². The molecule has 0 radical (unpaired) electrons. The van der Waals surface area contributed by atoms with Crippen LogP contribution < -0.4 is 15.5 Å². The van der Waals surface area contributed by atoms with E-state index >= 15 is 0 Å². The standard InChI is InChI=1S/C19H23ClFN3S/c1-12-8-9-13(2)16(10-12)23-19(25)22-11-17(24(3)4)18-14(20)6-5-7-15(18)21/h5-10,17H,11H2,1-4H3,(H2,22,23,25)/p+1/t17-/m0/s1. The SMILES string of the molecule is Cc1ccc(C)c(NC(=S)NC[C@@H](c2c(F)cccc2Cl)[NH+](C)C)c1. The first-order chi connectivity index (χ1) is 11.8. The molecular formula is C19H24ClFN3S+. The number of hydrogen-bond acceptors (Lipinski definition) is 1. The Balaban J connectivity index is 2.09. The van der Waals surface area contributed by atoms with E-state index < -0.39 is 0 Å². The number of rotatable bonds is 5. The fourth-order valence-electron chi connectivity index (χ4n) is 2.67. The molecule has 0 saturated heterocycles. The quantitative estimate of drug-likeness (QED) is 0.695. The predicted molar refractivity (Wildman–Crippen MR) is 107 cm³/mol. The Hall–Kier alpha value is -1.69. The smallest absolute Gasteiger partial charge is 0.171 e. The van der Waals surface area contributed by atoms with Gasteiger partial charge in [0, 0.05) is 5.69 Å². The van der Waals surface area contributed by atoms with E-state index in [0.29, 0.717) is 22.2 Å². The molecule has 2 rings (SSSR count). The zero-order chi connectivity index (χ0) is 18.6. The number of hydrogen-bond donors (Lipinski definition) is 3. The van der Waals surface area contributed by atoms with E-state index in [2.05, 4.69) is 16.7 Å². The van der Waals surface area contributed by atoms with Crippen LogP contribution in [0.1, 0.15) is 22.7 Å². The molecule has 0 amide bonds. The maximum absolute atomic E-state index is 14.3. The third-order valence-electron chi connectivity index (χ3n) is 4.15. The van der Waals surface area contributed by atoms with Crippen LogP contribution in [-0.4, -0.2) is 25.8 Å². The largest absolute Gasteiger partial charge is 0.356 e. The van der Waals surface area contributed by atoms with Crippen LogP contribution in [0.15, 0.2) is 36.4 Å². The van der Waals surface area contributed by atoms with Crippen molar-refractivity contribution in [2.45, 2.75) is 19.9 Å². The topological polar surface area (TPSA) is 28.5 Å². The summed E-state index contributed by atoms with van der Waals surface area (Å²) in [6.45, 7) is 4.53. The number of thiocarbonyl (C=S) groups is 1. The van der Waals surface area contributed by atoms with Crippen molar-refractivity contribution in [3.8, 4) is 0 Å². The molecule has 0 spiro atoms. The Morgan fingerprint density at radius 1 is 1.24 bits per heavy atom. The minimum absolute atomic E-state index is 0.160. The van der Waals surface area contributed by atoms with Crippen molar-refractivity contribution in [1.29, 1.82) is 0 Å². The zero-order valence-electron chi connectivity index (χ0n) is 14.9. The van der Waals surface area contributed by atoms with Gasteiger partial charge in [-0.05, 0) is 55.4 Å². The fraction of sp³-hybridized carbons (Fsp3) is 0.316. The van der Waals surface area contributed by atoms with Crippen molar-refractivity contribution in [2.24, 2.45) is 0 Å². The Morgan fingerprint density at radius 2 is 1.96 bits per heavy atom. The Bertz CT molecular complexity index is 744. The van der Waals surface area contributed by atoms with E-state index in [9.17, 15) is 4.39 Å². The minimum Gasteiger partial charge on any atom is -0.356 e. The summed E-state index contributed by atoms with van der Waals surface area (Å²) < 4.78 is 14.3. The highest BCUT2D eigenvalue weighted by molar-refractivity contribution is 7.80. The molecule has 6 heteroatoms. The van der Waals surface area contributed by atoms with E-state index in [0.717, 1.165) is 21.7 Å². The summed E-state index contributed by atoms with van der Waals surface area (Å²) in [4.78, 5) is 1.06. The Labute approximate surface area is 159 Å². The normalized spacial score (nSPS) is 12.1. The third-order valence-corrected chi connectivity index (χ3v) is 4.73. The van der Waals surface area contributed by atoms with Crippen molar-refractivity contribution in [3.63, 3.8) is 0 Å². The summed E-state index contributed by atoms with van der Waals surface area (Å²) in [5.41, 5.74) is 3.74. The Morgan fingerprint density at radius 3 is 2.60 bits per heavy atom. The van der Waals surface area contributed by atoms with Gasteiger partial charge in [-0.25, -0.2) is 4.39 Å². The van der Waals surface area contributed by atoms with E-state index in [1.165, 1.54) is 6.07 Å². The van der Waals surface area contributed by atoms with Crippen LogP contribution in [0.2, 0.25) is 5.02 Å². The summed E-state index contributed by atoms with van der Waals surface area (Å²) in [5, 5.41) is 7.34. The molecule has 0 aliphatic heterocycles. The first-order valence-electron chi connectivity index (χ1n) is 8.15. The second-order valence-electron chi connectivity index (χ2n) is 6.42. The zero-order valence-corrected chi connectivity index (χ0v) is 16.5. The highest BCUT2D eigenvalue weighted by Crippen LogP contribution is 2.24. The molecule has 0 saturated carbocycles. The molecule has 0 aliphatic rings. The van der Waals surface area contributed by atoms with Crippen LogP contribution in [0.3, 0.4) is 0 Å². The van der Waals surface area contributed by atoms with Gasteiger partial charge in [0.05, 0.1) is 31.2 Å². The second-order valence-corrected chi connectivity index (χ2v) is 7.23. The molecule has 0 unspecified atom stereocenters.